The predicted octanol–water partition coefficient (Wildman–Crippen LogP) is 1.35. The molecule has 0 fully saturated rings. The summed E-state index contributed by atoms with van der Waals surface area (Å²) >= 11 is 2.22. The van der Waals surface area contributed by atoms with Gasteiger partial charge >= 0.3 is 7.12 Å². The lowest BCUT2D eigenvalue weighted by atomic mass is 9.80. The summed E-state index contributed by atoms with van der Waals surface area (Å²) in [7, 11) is 0.921. The molecule has 1 aromatic carbocycles. The first kappa shape index (κ1) is 8.86. The average molecular weight is 292 g/mol. The SMILES string of the molecule is OB1OCc2ccc(SI)cc21. The van der Waals surface area contributed by atoms with E-state index in [0.29, 0.717) is 6.61 Å². The fraction of sp³-hybridized carbons (Fsp3) is 0.143. The molecule has 0 unspecified atom stereocenters. The van der Waals surface area contributed by atoms with Crippen LogP contribution in [-0.2, 0) is 11.3 Å². The molecule has 0 aromatic heterocycles. The number of rotatable bonds is 1. The molecule has 5 heteroatoms. The Balaban J connectivity index is 2.43. The van der Waals surface area contributed by atoms with Gasteiger partial charge in [-0.3, -0.25) is 0 Å². The Bertz CT molecular complexity index is 307. The highest BCUT2D eigenvalue weighted by Gasteiger charge is 2.26. The smallest absolute Gasteiger partial charge is 0.423 e. The molecule has 0 spiro atoms. The third kappa shape index (κ3) is 1.50. The third-order valence-corrected chi connectivity index (χ3v) is 3.83. The maximum atomic E-state index is 9.37. The van der Waals surface area contributed by atoms with Crippen LogP contribution in [0.15, 0.2) is 23.1 Å². The Morgan fingerprint density at radius 2 is 2.42 bits per heavy atom. The summed E-state index contributed by atoms with van der Waals surface area (Å²) in [6.45, 7) is 0.530. The monoisotopic (exact) mass is 292 g/mol. The van der Waals surface area contributed by atoms with E-state index in [-0.39, 0.29) is 0 Å². The van der Waals surface area contributed by atoms with Gasteiger partial charge in [0.1, 0.15) is 0 Å². The molecule has 1 heterocycles. The van der Waals surface area contributed by atoms with Gasteiger partial charge in [-0.15, -0.1) is 0 Å². The van der Waals surface area contributed by atoms with Gasteiger partial charge in [-0.25, -0.2) is 0 Å². The van der Waals surface area contributed by atoms with Crippen LogP contribution in [-0.4, -0.2) is 12.1 Å². The van der Waals surface area contributed by atoms with Gasteiger partial charge < -0.3 is 9.68 Å². The summed E-state index contributed by atoms with van der Waals surface area (Å²) in [5.41, 5.74) is 2.01. The Labute approximate surface area is 87.4 Å². The van der Waals surface area contributed by atoms with Crippen molar-refractivity contribution in [1.29, 1.82) is 0 Å². The molecule has 0 amide bonds. The summed E-state index contributed by atoms with van der Waals surface area (Å²) < 4.78 is 5.07. The molecular weight excluding hydrogens is 286 g/mol. The van der Waals surface area contributed by atoms with Gasteiger partial charge in [-0.2, -0.15) is 0 Å². The second-order valence-electron chi connectivity index (χ2n) is 2.60. The molecule has 1 aliphatic heterocycles. The summed E-state index contributed by atoms with van der Waals surface area (Å²) in [5, 5.41) is 9.37. The zero-order valence-corrected chi connectivity index (χ0v) is 9.13. The molecule has 0 radical (unpaired) electrons. The van der Waals surface area contributed by atoms with Gasteiger partial charge in [0, 0.05) is 26.1 Å². The van der Waals surface area contributed by atoms with Crippen LogP contribution >= 0.6 is 30.1 Å². The maximum absolute atomic E-state index is 9.37. The van der Waals surface area contributed by atoms with Crippen molar-refractivity contribution < 1.29 is 9.68 Å². The quantitative estimate of drug-likeness (QED) is 0.626. The van der Waals surface area contributed by atoms with E-state index in [0.717, 1.165) is 15.9 Å². The standard InChI is InChI=1S/C7H6BIO2S/c9-12-6-2-1-5-4-11-8(10)7(5)3-6/h1-3,10H,4H2. The number of halogens is 1. The van der Waals surface area contributed by atoms with E-state index in [1.54, 1.807) is 8.93 Å². The summed E-state index contributed by atoms with van der Waals surface area (Å²) in [6, 6.07) is 6.02. The Kier molecular flexibility index (Phi) is 2.64. The second-order valence-corrected chi connectivity index (χ2v) is 4.55. The lowest BCUT2D eigenvalue weighted by Crippen LogP contribution is -2.27. The molecule has 1 aliphatic rings. The Hall–Kier alpha value is 0.285. The minimum absolute atomic E-state index is 0.530. The van der Waals surface area contributed by atoms with E-state index >= 15 is 0 Å². The van der Waals surface area contributed by atoms with E-state index in [1.807, 2.05) is 18.2 Å². The van der Waals surface area contributed by atoms with Crippen LogP contribution in [0.3, 0.4) is 0 Å². The second kappa shape index (κ2) is 3.57. The zero-order chi connectivity index (χ0) is 8.55. The summed E-state index contributed by atoms with van der Waals surface area (Å²) in [6.07, 6.45) is 0. The molecule has 0 saturated carbocycles. The van der Waals surface area contributed by atoms with E-state index in [9.17, 15) is 5.02 Å². The minimum Gasteiger partial charge on any atom is -0.423 e. The van der Waals surface area contributed by atoms with Crippen LogP contribution in [0.5, 0.6) is 0 Å². The Morgan fingerprint density at radius 3 is 3.17 bits per heavy atom. The largest absolute Gasteiger partial charge is 0.491 e. The van der Waals surface area contributed by atoms with Gasteiger partial charge in [0.2, 0.25) is 0 Å². The van der Waals surface area contributed by atoms with E-state index < -0.39 is 7.12 Å². The zero-order valence-electron chi connectivity index (χ0n) is 6.16. The van der Waals surface area contributed by atoms with E-state index in [4.69, 9.17) is 4.65 Å². The molecule has 12 heavy (non-hydrogen) atoms. The van der Waals surface area contributed by atoms with Crippen molar-refractivity contribution in [2.45, 2.75) is 11.5 Å². The van der Waals surface area contributed by atoms with Crippen molar-refractivity contribution in [2.75, 3.05) is 0 Å². The number of hydrogen-bond donors (Lipinski definition) is 1. The van der Waals surface area contributed by atoms with Crippen LogP contribution in [0.1, 0.15) is 5.56 Å². The molecule has 62 valence electrons. The van der Waals surface area contributed by atoms with Crippen molar-refractivity contribution in [3.05, 3.63) is 23.8 Å². The highest BCUT2D eigenvalue weighted by molar-refractivity contribution is 14.2. The molecule has 0 saturated heterocycles. The summed E-state index contributed by atoms with van der Waals surface area (Å²) in [5.74, 6) is 0. The van der Waals surface area contributed by atoms with Crippen molar-refractivity contribution >= 4 is 42.7 Å². The van der Waals surface area contributed by atoms with Crippen molar-refractivity contribution in [3.8, 4) is 0 Å². The lowest BCUT2D eigenvalue weighted by Gasteiger charge is -1.99. The number of fused-ring (bicyclic) bond motifs is 1. The molecule has 2 rings (SSSR count). The normalized spacial score (nSPS) is 15.0. The lowest BCUT2D eigenvalue weighted by molar-refractivity contribution is 0.275. The maximum Gasteiger partial charge on any atom is 0.491 e. The van der Waals surface area contributed by atoms with Crippen LogP contribution in [0, 0.1) is 0 Å². The summed E-state index contributed by atoms with van der Waals surface area (Å²) in [4.78, 5) is 1.15. The topological polar surface area (TPSA) is 29.5 Å². The molecule has 1 aromatic rings. The van der Waals surface area contributed by atoms with Gasteiger partial charge in [-0.1, -0.05) is 15.0 Å². The molecule has 0 atom stereocenters. The minimum atomic E-state index is -0.719. The highest BCUT2D eigenvalue weighted by atomic mass is 127. The van der Waals surface area contributed by atoms with Crippen LogP contribution in [0.2, 0.25) is 0 Å². The van der Waals surface area contributed by atoms with Crippen LogP contribution in [0.25, 0.3) is 0 Å². The average Bonchev–Trinajstić information content (AvgIpc) is 2.47. The fourth-order valence-corrected chi connectivity index (χ4v) is 2.35. The third-order valence-electron chi connectivity index (χ3n) is 1.87. The van der Waals surface area contributed by atoms with E-state index in [1.165, 1.54) is 0 Å². The van der Waals surface area contributed by atoms with Crippen molar-refractivity contribution in [3.63, 3.8) is 0 Å². The highest BCUT2D eigenvalue weighted by Crippen LogP contribution is 2.25. The van der Waals surface area contributed by atoms with Crippen LogP contribution < -0.4 is 5.46 Å². The fourth-order valence-electron chi connectivity index (χ4n) is 1.24. The van der Waals surface area contributed by atoms with Crippen molar-refractivity contribution in [1.82, 2.24) is 0 Å². The first-order chi connectivity index (χ1) is 5.81. The van der Waals surface area contributed by atoms with Gasteiger partial charge in [0.05, 0.1) is 6.61 Å². The van der Waals surface area contributed by atoms with Crippen LogP contribution in [0.4, 0.5) is 0 Å². The van der Waals surface area contributed by atoms with E-state index in [2.05, 4.69) is 21.2 Å². The molecule has 0 bridgehead atoms. The molecular formula is C7H6BIO2S. The number of hydrogen-bond acceptors (Lipinski definition) is 3. The molecule has 1 N–H and O–H groups in total. The Morgan fingerprint density at radius 1 is 1.58 bits per heavy atom. The first-order valence-corrected chi connectivity index (χ1v) is 6.88. The molecule has 0 aliphatic carbocycles. The van der Waals surface area contributed by atoms with Crippen molar-refractivity contribution in [2.24, 2.45) is 0 Å². The predicted molar refractivity (Wildman–Crippen MR) is 58.7 cm³/mol. The van der Waals surface area contributed by atoms with Gasteiger partial charge in [-0.05, 0) is 23.2 Å². The molecule has 2 nitrogen and oxygen atoms in total. The first-order valence-electron chi connectivity index (χ1n) is 3.52. The van der Waals surface area contributed by atoms with Gasteiger partial charge in [0.25, 0.3) is 0 Å². The number of benzene rings is 1. The van der Waals surface area contributed by atoms with Gasteiger partial charge in [0.15, 0.2) is 0 Å².